The highest BCUT2D eigenvalue weighted by atomic mass is 32.2. The molecule has 32 heavy (non-hydrogen) atoms. The van der Waals surface area contributed by atoms with Gasteiger partial charge in [-0.05, 0) is 43.2 Å². The summed E-state index contributed by atoms with van der Waals surface area (Å²) in [4.78, 5) is 38.8. The van der Waals surface area contributed by atoms with Gasteiger partial charge in [0.05, 0.1) is 33.4 Å². The van der Waals surface area contributed by atoms with Crippen LogP contribution >= 0.6 is 0 Å². The Bertz CT molecular complexity index is 1460. The van der Waals surface area contributed by atoms with Crippen LogP contribution < -0.4 is 5.43 Å². The summed E-state index contributed by atoms with van der Waals surface area (Å²) in [7, 11) is -3.31. The molecule has 2 aromatic carbocycles. The molecule has 1 amide bonds. The lowest BCUT2D eigenvalue weighted by Crippen LogP contribution is -2.40. The molecule has 0 saturated carbocycles. The van der Waals surface area contributed by atoms with Crippen molar-refractivity contribution < 1.29 is 22.6 Å². The van der Waals surface area contributed by atoms with Crippen molar-refractivity contribution in [2.24, 2.45) is 0 Å². The number of benzene rings is 2. The summed E-state index contributed by atoms with van der Waals surface area (Å²) in [5, 5.41) is 11.4. The lowest BCUT2D eigenvalue weighted by atomic mass is 9.97. The Morgan fingerprint density at radius 3 is 2.47 bits per heavy atom. The molecule has 2 unspecified atom stereocenters. The van der Waals surface area contributed by atoms with Gasteiger partial charge in [-0.25, -0.2) is 8.42 Å². The Morgan fingerprint density at radius 2 is 1.84 bits per heavy atom. The number of sulfone groups is 1. The van der Waals surface area contributed by atoms with Crippen LogP contribution in [0.5, 0.6) is 0 Å². The van der Waals surface area contributed by atoms with Crippen LogP contribution in [0, 0.1) is 17.0 Å². The van der Waals surface area contributed by atoms with E-state index in [9.17, 15) is 28.1 Å². The molecule has 0 N–H and O–H groups in total. The fourth-order valence-electron chi connectivity index (χ4n) is 4.58. The van der Waals surface area contributed by atoms with E-state index in [2.05, 4.69) is 0 Å². The first-order valence-corrected chi connectivity index (χ1v) is 11.8. The summed E-state index contributed by atoms with van der Waals surface area (Å²) >= 11 is 0. The zero-order valence-electron chi connectivity index (χ0n) is 17.0. The summed E-state index contributed by atoms with van der Waals surface area (Å²) in [5.74, 6) is -0.917. The molecule has 3 heterocycles. The van der Waals surface area contributed by atoms with Crippen LogP contribution in [0.25, 0.3) is 11.0 Å². The van der Waals surface area contributed by atoms with Crippen LogP contribution in [-0.2, 0) is 9.84 Å². The number of hydrogen-bond donors (Lipinski definition) is 0. The molecule has 0 bridgehead atoms. The number of amides is 1. The molecule has 2 aliphatic rings. The van der Waals surface area contributed by atoms with E-state index in [1.54, 1.807) is 18.2 Å². The number of nitrogens with zero attached hydrogens (tertiary/aromatic N) is 2. The van der Waals surface area contributed by atoms with Gasteiger partial charge in [0.15, 0.2) is 15.3 Å². The number of rotatable bonds is 3. The standard InChI is InChI=1S/C22H18N2O7S/c1-12-2-7-17-16(10-12)20(25)18-19(13-3-5-14(6-4-13)24(27)28)23(22(26)21(18)31-17)15-8-9-32(29,30)11-15/h2-7,10,15,19H,8-9,11H2,1H3. The summed E-state index contributed by atoms with van der Waals surface area (Å²) in [6.07, 6.45) is 0.248. The number of nitro benzene ring substituents is 1. The minimum atomic E-state index is -3.31. The van der Waals surface area contributed by atoms with Gasteiger partial charge in [-0.1, -0.05) is 11.6 Å². The molecular weight excluding hydrogens is 436 g/mol. The molecular formula is C22H18N2O7S. The van der Waals surface area contributed by atoms with Gasteiger partial charge >= 0.3 is 0 Å². The van der Waals surface area contributed by atoms with Crippen LogP contribution in [0.2, 0.25) is 0 Å². The van der Waals surface area contributed by atoms with E-state index in [-0.39, 0.29) is 45.9 Å². The molecule has 9 nitrogen and oxygen atoms in total. The van der Waals surface area contributed by atoms with Crippen molar-refractivity contribution in [1.82, 2.24) is 4.90 Å². The smallest absolute Gasteiger partial charge is 0.291 e. The van der Waals surface area contributed by atoms with Crippen molar-refractivity contribution in [2.45, 2.75) is 25.4 Å². The average Bonchev–Trinajstić information content (AvgIpc) is 3.25. The maximum Gasteiger partial charge on any atom is 0.291 e. The van der Waals surface area contributed by atoms with Crippen molar-refractivity contribution in [3.63, 3.8) is 0 Å². The Labute approximate surface area is 182 Å². The highest BCUT2D eigenvalue weighted by Crippen LogP contribution is 2.41. The summed E-state index contributed by atoms with van der Waals surface area (Å²) in [5.41, 5.74) is 1.23. The van der Waals surface area contributed by atoms with Crippen molar-refractivity contribution in [3.05, 3.63) is 85.3 Å². The van der Waals surface area contributed by atoms with E-state index in [4.69, 9.17) is 4.42 Å². The van der Waals surface area contributed by atoms with E-state index in [1.165, 1.54) is 29.2 Å². The topological polar surface area (TPSA) is 128 Å². The van der Waals surface area contributed by atoms with Gasteiger partial charge in [-0.15, -0.1) is 0 Å². The number of carbonyl (C=O) groups excluding carboxylic acids is 1. The minimum absolute atomic E-state index is 0.0483. The molecule has 0 radical (unpaired) electrons. The van der Waals surface area contributed by atoms with E-state index in [0.717, 1.165) is 5.56 Å². The fourth-order valence-corrected chi connectivity index (χ4v) is 6.29. The molecule has 2 atom stereocenters. The van der Waals surface area contributed by atoms with Crippen molar-refractivity contribution in [1.29, 1.82) is 0 Å². The minimum Gasteiger partial charge on any atom is -0.450 e. The third-order valence-corrected chi connectivity index (χ3v) is 7.83. The highest BCUT2D eigenvalue weighted by Gasteiger charge is 2.48. The summed E-state index contributed by atoms with van der Waals surface area (Å²) < 4.78 is 30.1. The molecule has 1 aromatic heterocycles. The number of aryl methyl sites for hydroxylation is 1. The van der Waals surface area contributed by atoms with Crippen molar-refractivity contribution >= 4 is 32.4 Å². The van der Waals surface area contributed by atoms with Gasteiger partial charge in [0.1, 0.15) is 5.58 Å². The average molecular weight is 454 g/mol. The normalized spacial score (nSPS) is 21.8. The van der Waals surface area contributed by atoms with Gasteiger partial charge in [-0.2, -0.15) is 0 Å². The maximum absolute atomic E-state index is 13.5. The zero-order valence-corrected chi connectivity index (χ0v) is 17.8. The van der Waals surface area contributed by atoms with Crippen LogP contribution in [0.1, 0.15) is 39.7 Å². The van der Waals surface area contributed by atoms with Gasteiger partial charge in [0.25, 0.3) is 11.6 Å². The summed E-state index contributed by atoms with van der Waals surface area (Å²) in [6.45, 7) is 1.83. The highest BCUT2D eigenvalue weighted by molar-refractivity contribution is 7.91. The van der Waals surface area contributed by atoms with E-state index >= 15 is 0 Å². The number of nitro groups is 1. The van der Waals surface area contributed by atoms with Gasteiger partial charge in [0, 0.05) is 18.2 Å². The molecule has 0 aliphatic carbocycles. The third-order valence-electron chi connectivity index (χ3n) is 6.08. The maximum atomic E-state index is 13.5. The molecule has 164 valence electrons. The Hall–Kier alpha value is -3.53. The molecule has 5 rings (SSSR count). The lowest BCUT2D eigenvalue weighted by Gasteiger charge is -2.30. The largest absolute Gasteiger partial charge is 0.450 e. The molecule has 1 saturated heterocycles. The monoisotopic (exact) mass is 454 g/mol. The molecule has 0 spiro atoms. The first-order valence-electron chi connectivity index (χ1n) is 10.0. The van der Waals surface area contributed by atoms with Gasteiger partial charge in [0.2, 0.25) is 5.76 Å². The van der Waals surface area contributed by atoms with Crippen LogP contribution in [0.4, 0.5) is 5.69 Å². The fraction of sp³-hybridized carbons (Fsp3) is 0.273. The predicted molar refractivity (Wildman–Crippen MR) is 115 cm³/mol. The molecule has 1 fully saturated rings. The second-order valence-corrected chi connectivity index (χ2v) is 10.4. The second-order valence-electron chi connectivity index (χ2n) is 8.19. The second kappa shape index (κ2) is 6.99. The van der Waals surface area contributed by atoms with Crippen molar-refractivity contribution in [2.75, 3.05) is 11.5 Å². The van der Waals surface area contributed by atoms with Crippen molar-refractivity contribution in [3.8, 4) is 0 Å². The van der Waals surface area contributed by atoms with Gasteiger partial charge in [-0.3, -0.25) is 19.7 Å². The van der Waals surface area contributed by atoms with E-state index < -0.39 is 32.8 Å². The number of carbonyl (C=O) groups is 1. The molecule has 3 aromatic rings. The third kappa shape index (κ3) is 3.10. The Kier molecular flexibility index (Phi) is 4.45. The molecule has 10 heteroatoms. The first-order chi connectivity index (χ1) is 15.2. The zero-order chi connectivity index (χ0) is 22.8. The Balaban J connectivity index is 1.74. The van der Waals surface area contributed by atoms with Crippen LogP contribution in [0.3, 0.4) is 0 Å². The molecule has 2 aliphatic heterocycles. The number of non-ortho nitro benzene ring substituents is 1. The van der Waals surface area contributed by atoms with E-state index in [1.807, 2.05) is 6.92 Å². The quantitative estimate of drug-likeness (QED) is 0.440. The number of fused-ring (bicyclic) bond motifs is 2. The predicted octanol–water partition coefficient (Wildman–Crippen LogP) is 2.74. The van der Waals surface area contributed by atoms with Gasteiger partial charge < -0.3 is 9.32 Å². The van der Waals surface area contributed by atoms with Crippen LogP contribution in [-0.4, -0.2) is 41.7 Å². The number of hydrogen-bond acceptors (Lipinski definition) is 7. The van der Waals surface area contributed by atoms with E-state index in [0.29, 0.717) is 10.9 Å². The van der Waals surface area contributed by atoms with Crippen LogP contribution in [0.15, 0.2) is 51.7 Å². The SMILES string of the molecule is Cc1ccc2oc3c(c(=O)c2c1)C(c1ccc([N+](=O)[O-])cc1)N(C1CCS(=O)(=O)C1)C3=O. The lowest BCUT2D eigenvalue weighted by molar-refractivity contribution is -0.384. The first kappa shape index (κ1) is 20.4. The Morgan fingerprint density at radius 1 is 1.12 bits per heavy atom. The summed E-state index contributed by atoms with van der Waals surface area (Å²) in [6, 6.07) is 9.14.